The minimum absolute atomic E-state index is 0.366. The lowest BCUT2D eigenvalue weighted by atomic mass is 10.4. The van der Waals surface area contributed by atoms with E-state index in [4.69, 9.17) is 0 Å². The normalized spacial score (nSPS) is 7.40. The van der Waals surface area contributed by atoms with Crippen LogP contribution in [0.4, 0.5) is 0 Å². The van der Waals surface area contributed by atoms with E-state index in [0.717, 1.165) is 0 Å². The minimum atomic E-state index is -0.457. The van der Waals surface area contributed by atoms with E-state index < -0.39 is 5.97 Å². The summed E-state index contributed by atoms with van der Waals surface area (Å²) in [6, 6.07) is 0. The summed E-state index contributed by atoms with van der Waals surface area (Å²) in [6.07, 6.45) is 2.94. The Kier molecular flexibility index (Phi) is 4.06. The van der Waals surface area contributed by atoms with Crippen LogP contribution in [0.5, 0.6) is 0 Å². The molecule has 0 aromatic rings. The minimum Gasteiger partial charge on any atom is -0.369 e. The molecule has 2 nitrogen and oxygen atoms in total. The summed E-state index contributed by atoms with van der Waals surface area (Å²) in [6.45, 7) is 6.85. The van der Waals surface area contributed by atoms with Crippen LogP contribution in [0.2, 0.25) is 0 Å². The number of esters is 1. The zero-order chi connectivity index (χ0) is 7.98. The highest BCUT2D eigenvalue weighted by Crippen LogP contribution is 1.89. The molecule has 10 heavy (non-hydrogen) atoms. The lowest BCUT2D eigenvalue weighted by molar-refractivity contribution is -0.132. The van der Waals surface area contributed by atoms with Crippen molar-refractivity contribution in [1.29, 1.82) is 0 Å². The summed E-state index contributed by atoms with van der Waals surface area (Å²) < 4.78 is 4.44. The fourth-order valence-corrected chi connectivity index (χ4v) is 0.242. The van der Waals surface area contributed by atoms with Gasteiger partial charge >= 0.3 is 5.97 Å². The van der Waals surface area contributed by atoms with Gasteiger partial charge in [0.2, 0.25) is 0 Å². The van der Waals surface area contributed by atoms with Gasteiger partial charge in [-0.3, -0.25) is 0 Å². The van der Waals surface area contributed by atoms with Crippen LogP contribution in [0.1, 0.15) is 20.3 Å². The molecule has 0 amide bonds. The second-order valence-electron chi connectivity index (χ2n) is 1.80. The monoisotopic (exact) mass is 138 g/mol. The van der Waals surface area contributed by atoms with Crippen molar-refractivity contribution in [3.8, 4) is 12.0 Å². The van der Waals surface area contributed by atoms with E-state index in [1.807, 2.05) is 6.92 Å². The topological polar surface area (TPSA) is 26.3 Å². The molecule has 0 fully saturated rings. The number of hydrogen-bond donors (Lipinski definition) is 0. The predicted octanol–water partition coefficient (Wildman–Crippen LogP) is 1.48. The molecule has 0 aliphatic rings. The largest absolute Gasteiger partial charge is 0.369 e. The molecule has 0 aliphatic carbocycles. The molecule has 0 saturated carbocycles. The van der Waals surface area contributed by atoms with Crippen molar-refractivity contribution in [3.63, 3.8) is 0 Å². The van der Waals surface area contributed by atoms with Crippen LogP contribution in [-0.2, 0) is 9.53 Å². The molecule has 0 aromatic heterocycles. The van der Waals surface area contributed by atoms with Crippen LogP contribution in [0.15, 0.2) is 12.2 Å². The smallest absolute Gasteiger partial charge is 0.347 e. The van der Waals surface area contributed by atoms with Crippen LogP contribution in [0, 0.1) is 12.0 Å². The van der Waals surface area contributed by atoms with Crippen molar-refractivity contribution in [2.24, 2.45) is 0 Å². The Balaban J connectivity index is 3.70. The molecule has 0 saturated heterocycles. The lowest BCUT2D eigenvalue weighted by Gasteiger charge is -1.90. The van der Waals surface area contributed by atoms with Crippen molar-refractivity contribution in [2.45, 2.75) is 20.3 Å². The molecule has 0 rings (SSSR count). The first kappa shape index (κ1) is 8.77. The van der Waals surface area contributed by atoms with Gasteiger partial charge < -0.3 is 4.74 Å². The van der Waals surface area contributed by atoms with Gasteiger partial charge in [0.25, 0.3) is 0 Å². The molecular weight excluding hydrogens is 128 g/mol. The van der Waals surface area contributed by atoms with Crippen LogP contribution < -0.4 is 0 Å². The first-order valence-corrected chi connectivity index (χ1v) is 3.03. The van der Waals surface area contributed by atoms with Crippen molar-refractivity contribution < 1.29 is 9.53 Å². The quantitative estimate of drug-likeness (QED) is 0.311. The fraction of sp³-hybridized carbons (Fsp3) is 0.375. The van der Waals surface area contributed by atoms with E-state index in [9.17, 15) is 4.79 Å². The Morgan fingerprint density at radius 3 is 2.70 bits per heavy atom. The highest BCUT2D eigenvalue weighted by atomic mass is 16.5. The molecule has 0 bridgehead atoms. The van der Waals surface area contributed by atoms with Gasteiger partial charge in [0, 0.05) is 12.0 Å². The van der Waals surface area contributed by atoms with Crippen LogP contribution in [-0.4, -0.2) is 5.97 Å². The van der Waals surface area contributed by atoms with Crippen LogP contribution >= 0.6 is 0 Å². The Morgan fingerprint density at radius 1 is 1.70 bits per heavy atom. The van der Waals surface area contributed by atoms with E-state index in [1.54, 1.807) is 6.92 Å². The number of ether oxygens (including phenoxy) is 1. The summed E-state index contributed by atoms with van der Waals surface area (Å²) >= 11 is 0. The first-order valence-electron chi connectivity index (χ1n) is 3.03. The van der Waals surface area contributed by atoms with E-state index >= 15 is 0 Å². The first-order chi connectivity index (χ1) is 4.68. The third kappa shape index (κ3) is 3.73. The molecule has 0 aromatic carbocycles. The summed E-state index contributed by atoms with van der Waals surface area (Å²) in [5.41, 5.74) is 0.366. The standard InChI is InChI=1S/C8H10O2/c1-4-5-6-10-8(9)7(2)3/h2,4H2,1,3H3. The van der Waals surface area contributed by atoms with Gasteiger partial charge in [-0.05, 0) is 6.92 Å². The van der Waals surface area contributed by atoms with Gasteiger partial charge in [0.1, 0.15) is 6.11 Å². The average Bonchev–Trinajstić information content (AvgIpc) is 1.88. The molecule has 0 aliphatic heterocycles. The molecule has 0 unspecified atom stereocenters. The Labute approximate surface area is 60.9 Å². The van der Waals surface area contributed by atoms with Crippen LogP contribution in [0.25, 0.3) is 0 Å². The Hall–Kier alpha value is -1.23. The van der Waals surface area contributed by atoms with Gasteiger partial charge in [-0.2, -0.15) is 0 Å². The fourth-order valence-electron chi connectivity index (χ4n) is 0.242. The maximum absolute atomic E-state index is 10.6. The van der Waals surface area contributed by atoms with E-state index in [0.29, 0.717) is 12.0 Å². The van der Waals surface area contributed by atoms with Crippen molar-refractivity contribution >= 4 is 5.97 Å². The highest BCUT2D eigenvalue weighted by molar-refractivity contribution is 5.87. The molecule has 0 N–H and O–H groups in total. The molecule has 0 radical (unpaired) electrons. The summed E-state index contributed by atoms with van der Waals surface area (Å²) in [7, 11) is 0. The molecule has 2 heteroatoms. The van der Waals surface area contributed by atoms with E-state index in [-0.39, 0.29) is 0 Å². The maximum Gasteiger partial charge on any atom is 0.347 e. The molecule has 0 spiro atoms. The van der Waals surface area contributed by atoms with Gasteiger partial charge in [-0.1, -0.05) is 19.4 Å². The molecule has 0 heterocycles. The second kappa shape index (κ2) is 4.63. The third-order valence-corrected chi connectivity index (χ3v) is 0.741. The van der Waals surface area contributed by atoms with E-state index in [2.05, 4.69) is 23.3 Å². The second-order valence-corrected chi connectivity index (χ2v) is 1.80. The van der Waals surface area contributed by atoms with Gasteiger partial charge in [0.15, 0.2) is 0 Å². The molecular formula is C8H10O2. The van der Waals surface area contributed by atoms with Gasteiger partial charge in [-0.25, -0.2) is 4.79 Å². The third-order valence-electron chi connectivity index (χ3n) is 0.741. The number of carbonyl (C=O) groups is 1. The van der Waals surface area contributed by atoms with E-state index in [1.165, 1.54) is 0 Å². The number of hydrogen-bond acceptors (Lipinski definition) is 2. The average molecular weight is 138 g/mol. The Bertz CT molecular complexity index is 193. The zero-order valence-electron chi connectivity index (χ0n) is 6.23. The van der Waals surface area contributed by atoms with Gasteiger partial charge in [-0.15, -0.1) is 0 Å². The van der Waals surface area contributed by atoms with Gasteiger partial charge in [0.05, 0.1) is 0 Å². The zero-order valence-corrected chi connectivity index (χ0v) is 6.23. The SMILES string of the molecule is C=C(C)C(=O)OC#CCC. The number of rotatable bonds is 1. The number of carbonyl (C=O) groups excluding carboxylic acids is 1. The van der Waals surface area contributed by atoms with Crippen molar-refractivity contribution in [3.05, 3.63) is 12.2 Å². The van der Waals surface area contributed by atoms with Crippen molar-refractivity contribution in [1.82, 2.24) is 0 Å². The van der Waals surface area contributed by atoms with Crippen molar-refractivity contribution in [2.75, 3.05) is 0 Å². The summed E-state index contributed by atoms with van der Waals surface area (Å²) in [5.74, 6) is 2.14. The molecule has 54 valence electrons. The lowest BCUT2D eigenvalue weighted by Crippen LogP contribution is -1.99. The summed E-state index contributed by atoms with van der Waals surface area (Å²) in [5, 5.41) is 0. The predicted molar refractivity (Wildman–Crippen MR) is 39.0 cm³/mol. The van der Waals surface area contributed by atoms with Crippen LogP contribution in [0.3, 0.4) is 0 Å². The summed E-state index contributed by atoms with van der Waals surface area (Å²) in [4.78, 5) is 10.6. The highest BCUT2D eigenvalue weighted by Gasteiger charge is 1.98. The Morgan fingerprint density at radius 2 is 2.30 bits per heavy atom. The maximum atomic E-state index is 10.6. The molecule has 0 atom stereocenters.